The number of H-pyrrole nitrogens is 1. The number of methoxy groups -OCH3 is 1. The van der Waals surface area contributed by atoms with Gasteiger partial charge < -0.3 is 14.8 Å². The third-order valence-electron chi connectivity index (χ3n) is 4.14. The number of amides is 1. The molecule has 0 aliphatic carbocycles. The summed E-state index contributed by atoms with van der Waals surface area (Å²) in [6.45, 7) is 2.95. The number of anilines is 1. The Kier molecular flexibility index (Phi) is 6.00. The van der Waals surface area contributed by atoms with Crippen molar-refractivity contribution in [3.63, 3.8) is 0 Å². The first-order chi connectivity index (χ1) is 12.6. The van der Waals surface area contributed by atoms with Crippen molar-refractivity contribution in [1.82, 2.24) is 14.8 Å². The minimum Gasteiger partial charge on any atom is -0.497 e. The van der Waals surface area contributed by atoms with Gasteiger partial charge in [-0.1, -0.05) is 11.8 Å². The Morgan fingerprint density at radius 2 is 2.27 bits per heavy atom. The van der Waals surface area contributed by atoms with Crippen molar-refractivity contribution in [3.8, 4) is 5.75 Å². The fraction of sp³-hybridized carbons (Fsp3) is 0.471. The van der Waals surface area contributed by atoms with Crippen LogP contribution in [0.5, 0.6) is 5.75 Å². The highest BCUT2D eigenvalue weighted by molar-refractivity contribution is 8.00. The Balaban J connectivity index is 1.62. The standard InChI is InChI=1S/C17H22N4O4S/c1-11(15(22)18-12-5-7-13(24-2)8-6-12)26-17-20-19-16(23)21(17)10-14-4-3-9-25-14/h5-8,11,14H,3-4,9-10H2,1-2H3,(H,18,22)(H,19,23)/t11-,14+/m0/s1. The van der Waals surface area contributed by atoms with Gasteiger partial charge in [-0.15, -0.1) is 5.10 Å². The second kappa shape index (κ2) is 8.41. The second-order valence-electron chi connectivity index (χ2n) is 6.03. The minimum atomic E-state index is -0.421. The van der Waals surface area contributed by atoms with Gasteiger partial charge in [0.05, 0.1) is 25.0 Å². The maximum atomic E-state index is 12.4. The van der Waals surface area contributed by atoms with Crippen molar-refractivity contribution in [1.29, 1.82) is 0 Å². The van der Waals surface area contributed by atoms with Crippen LogP contribution in [0.1, 0.15) is 19.8 Å². The molecule has 0 spiro atoms. The lowest BCUT2D eigenvalue weighted by Crippen LogP contribution is -2.26. The number of hydrogen-bond acceptors (Lipinski definition) is 6. The lowest BCUT2D eigenvalue weighted by atomic mass is 10.2. The zero-order valence-corrected chi connectivity index (χ0v) is 15.5. The predicted octanol–water partition coefficient (Wildman–Crippen LogP) is 1.88. The molecule has 140 valence electrons. The molecule has 8 nitrogen and oxygen atoms in total. The molecule has 0 saturated carbocycles. The second-order valence-corrected chi connectivity index (χ2v) is 7.34. The largest absolute Gasteiger partial charge is 0.497 e. The number of thioether (sulfide) groups is 1. The Bertz CT molecular complexity index is 796. The first kappa shape index (κ1) is 18.5. The zero-order chi connectivity index (χ0) is 18.5. The van der Waals surface area contributed by atoms with Gasteiger partial charge in [-0.05, 0) is 44.0 Å². The van der Waals surface area contributed by atoms with Crippen molar-refractivity contribution in [2.45, 2.75) is 42.8 Å². The molecule has 1 aromatic heterocycles. The molecule has 0 radical (unpaired) electrons. The number of aromatic nitrogens is 3. The Morgan fingerprint density at radius 3 is 2.92 bits per heavy atom. The summed E-state index contributed by atoms with van der Waals surface area (Å²) in [6.07, 6.45) is 1.95. The van der Waals surface area contributed by atoms with E-state index in [1.165, 1.54) is 16.3 Å². The van der Waals surface area contributed by atoms with Crippen LogP contribution in [0.2, 0.25) is 0 Å². The highest BCUT2D eigenvalue weighted by Crippen LogP contribution is 2.23. The molecule has 26 heavy (non-hydrogen) atoms. The molecule has 0 bridgehead atoms. The number of carbonyl (C=O) groups is 1. The minimum absolute atomic E-state index is 0.0214. The normalized spacial score (nSPS) is 17.8. The molecule has 1 fully saturated rings. The van der Waals surface area contributed by atoms with Crippen molar-refractivity contribution >= 4 is 23.4 Å². The Morgan fingerprint density at radius 1 is 1.50 bits per heavy atom. The van der Waals surface area contributed by atoms with Gasteiger partial charge in [-0.2, -0.15) is 0 Å². The lowest BCUT2D eigenvalue weighted by molar-refractivity contribution is -0.115. The molecule has 1 saturated heterocycles. The topological polar surface area (TPSA) is 98.2 Å². The van der Waals surface area contributed by atoms with E-state index in [0.717, 1.165) is 25.2 Å². The van der Waals surface area contributed by atoms with Crippen molar-refractivity contribution in [3.05, 3.63) is 34.7 Å². The molecule has 1 aliphatic heterocycles. The van der Waals surface area contributed by atoms with E-state index in [2.05, 4.69) is 15.5 Å². The van der Waals surface area contributed by atoms with E-state index in [1.54, 1.807) is 38.3 Å². The van der Waals surface area contributed by atoms with Gasteiger partial charge in [0.2, 0.25) is 5.91 Å². The molecule has 2 atom stereocenters. The summed E-state index contributed by atoms with van der Waals surface area (Å²) in [5.41, 5.74) is 0.396. The van der Waals surface area contributed by atoms with E-state index in [9.17, 15) is 9.59 Å². The third-order valence-corrected chi connectivity index (χ3v) is 5.23. The zero-order valence-electron chi connectivity index (χ0n) is 14.7. The number of carbonyl (C=O) groups excluding carboxylic acids is 1. The van der Waals surface area contributed by atoms with Gasteiger partial charge >= 0.3 is 5.69 Å². The number of benzene rings is 1. The summed E-state index contributed by atoms with van der Waals surface area (Å²) in [5, 5.41) is 9.41. The van der Waals surface area contributed by atoms with Crippen LogP contribution < -0.4 is 15.7 Å². The quantitative estimate of drug-likeness (QED) is 0.714. The Labute approximate surface area is 155 Å². The monoisotopic (exact) mass is 378 g/mol. The van der Waals surface area contributed by atoms with Crippen molar-refractivity contribution in [2.75, 3.05) is 19.0 Å². The van der Waals surface area contributed by atoms with Crippen LogP contribution in [0.15, 0.2) is 34.2 Å². The summed E-state index contributed by atoms with van der Waals surface area (Å²) >= 11 is 1.24. The molecule has 1 aromatic carbocycles. The van der Waals surface area contributed by atoms with Gasteiger partial charge in [0.1, 0.15) is 5.75 Å². The molecule has 1 amide bonds. The molecule has 2 aromatic rings. The maximum Gasteiger partial charge on any atom is 0.344 e. The summed E-state index contributed by atoms with van der Waals surface area (Å²) < 4.78 is 12.2. The molecule has 1 aliphatic rings. The number of hydrogen-bond donors (Lipinski definition) is 2. The molecule has 2 heterocycles. The summed E-state index contributed by atoms with van der Waals surface area (Å²) in [5.74, 6) is 0.555. The smallest absolute Gasteiger partial charge is 0.344 e. The number of ether oxygens (including phenoxy) is 2. The maximum absolute atomic E-state index is 12.4. The first-order valence-electron chi connectivity index (χ1n) is 8.45. The van der Waals surface area contributed by atoms with Crippen LogP contribution in [-0.4, -0.2) is 45.7 Å². The SMILES string of the molecule is COc1ccc(NC(=O)[C@H](C)Sc2n[nH]c(=O)n2C[C@H]2CCCO2)cc1. The molecule has 2 N–H and O–H groups in total. The van der Waals surface area contributed by atoms with Crippen LogP contribution in [0.4, 0.5) is 5.69 Å². The number of rotatable bonds is 7. The van der Waals surface area contributed by atoms with E-state index in [4.69, 9.17) is 9.47 Å². The van der Waals surface area contributed by atoms with Crippen molar-refractivity contribution in [2.24, 2.45) is 0 Å². The van der Waals surface area contributed by atoms with Gasteiger partial charge in [0, 0.05) is 12.3 Å². The molecule has 3 rings (SSSR count). The van der Waals surface area contributed by atoms with E-state index in [0.29, 0.717) is 17.4 Å². The Hall–Kier alpha value is -2.26. The molecule has 9 heteroatoms. The fourth-order valence-corrected chi connectivity index (χ4v) is 3.54. The van der Waals surface area contributed by atoms with Crippen molar-refractivity contribution < 1.29 is 14.3 Å². The molecule has 0 unspecified atom stereocenters. The number of nitrogens with one attached hydrogen (secondary N) is 2. The van der Waals surface area contributed by atoms with Gasteiger partial charge in [-0.25, -0.2) is 9.89 Å². The van der Waals surface area contributed by atoms with Gasteiger partial charge in [-0.3, -0.25) is 9.36 Å². The predicted molar refractivity (Wildman–Crippen MR) is 98.8 cm³/mol. The number of nitrogens with zero attached hydrogens (tertiary/aromatic N) is 2. The van der Waals surface area contributed by atoms with Crippen LogP contribution in [0, 0.1) is 0 Å². The fourth-order valence-electron chi connectivity index (χ4n) is 2.68. The van der Waals surface area contributed by atoms with Crippen LogP contribution >= 0.6 is 11.8 Å². The first-order valence-corrected chi connectivity index (χ1v) is 9.33. The van der Waals surface area contributed by atoms with E-state index in [-0.39, 0.29) is 17.7 Å². The molecular weight excluding hydrogens is 356 g/mol. The highest BCUT2D eigenvalue weighted by atomic mass is 32.2. The summed E-state index contributed by atoms with van der Waals surface area (Å²) in [6, 6.07) is 7.10. The van der Waals surface area contributed by atoms with E-state index >= 15 is 0 Å². The number of aromatic amines is 1. The summed E-state index contributed by atoms with van der Waals surface area (Å²) in [7, 11) is 1.59. The lowest BCUT2D eigenvalue weighted by Gasteiger charge is -2.14. The van der Waals surface area contributed by atoms with Gasteiger partial charge in [0.25, 0.3) is 0 Å². The molecular formula is C17H22N4O4S. The average molecular weight is 378 g/mol. The highest BCUT2D eigenvalue weighted by Gasteiger charge is 2.23. The third kappa shape index (κ3) is 4.47. The van der Waals surface area contributed by atoms with E-state index in [1.807, 2.05) is 0 Å². The van der Waals surface area contributed by atoms with E-state index < -0.39 is 5.25 Å². The average Bonchev–Trinajstić information content (AvgIpc) is 3.28. The van der Waals surface area contributed by atoms with Crippen LogP contribution in [0.3, 0.4) is 0 Å². The van der Waals surface area contributed by atoms with Gasteiger partial charge in [0.15, 0.2) is 5.16 Å². The summed E-state index contributed by atoms with van der Waals surface area (Å²) in [4.78, 5) is 24.4. The van der Waals surface area contributed by atoms with Crippen LogP contribution in [0.25, 0.3) is 0 Å². The van der Waals surface area contributed by atoms with Crippen LogP contribution in [-0.2, 0) is 16.1 Å².